The highest BCUT2D eigenvalue weighted by molar-refractivity contribution is 6.74. The van der Waals surface area contributed by atoms with Crippen molar-refractivity contribution >= 4 is 31.7 Å². The van der Waals surface area contributed by atoms with Gasteiger partial charge < -0.3 is 19.7 Å². The lowest BCUT2D eigenvalue weighted by Gasteiger charge is -2.41. The van der Waals surface area contributed by atoms with Crippen LogP contribution in [0.1, 0.15) is 52.7 Å². The zero-order valence-corrected chi connectivity index (χ0v) is 27.3. The summed E-state index contributed by atoms with van der Waals surface area (Å²) in [7, 11) is -2.14. The first-order valence-electron chi connectivity index (χ1n) is 14.6. The lowest BCUT2D eigenvalue weighted by molar-refractivity contribution is -0.145. The Hall–Kier alpha value is -3.27. The van der Waals surface area contributed by atoms with Crippen LogP contribution < -0.4 is 5.32 Å². The Balaban J connectivity index is 1.88. The van der Waals surface area contributed by atoms with Crippen LogP contribution in [0.15, 0.2) is 66.9 Å². The third kappa shape index (κ3) is 8.17. The summed E-state index contributed by atoms with van der Waals surface area (Å²) >= 11 is 0. The van der Waals surface area contributed by atoms with Crippen LogP contribution in [0, 0.1) is 5.92 Å². The Morgan fingerprint density at radius 1 is 1.02 bits per heavy atom. The molecule has 228 valence electrons. The molecule has 2 N–H and O–H groups in total. The first-order valence-corrected chi connectivity index (χ1v) is 17.6. The summed E-state index contributed by atoms with van der Waals surface area (Å²) in [4.78, 5) is 43.0. The van der Waals surface area contributed by atoms with E-state index in [-0.39, 0.29) is 35.9 Å². The van der Waals surface area contributed by atoms with Gasteiger partial charge in [0, 0.05) is 13.1 Å². The molecule has 9 heteroatoms. The lowest BCUT2D eigenvalue weighted by Crippen LogP contribution is -2.57. The molecule has 0 saturated heterocycles. The molecule has 8 nitrogen and oxygen atoms in total. The summed E-state index contributed by atoms with van der Waals surface area (Å²) in [5.41, 5.74) is 2.16. The van der Waals surface area contributed by atoms with Gasteiger partial charge in [-0.15, -0.1) is 0 Å². The molecule has 0 saturated carbocycles. The molecular weight excluding hydrogens is 546 g/mol. The molecule has 1 aliphatic rings. The number of hydrogen-bond donors (Lipinski definition) is 2. The maximum Gasteiger partial charge on any atom is 0.250 e. The molecule has 0 radical (unpaired) electrons. The van der Waals surface area contributed by atoms with Gasteiger partial charge in [-0.25, -0.2) is 0 Å². The standard InChI is InChI=1S/C33H47N3O5Si/c1-23(2)31-32(40)36(28(20-35(31)24(3)37)26-17-13-10-14-18-26)21-30(39)34-27(19-25-15-11-9-12-16-25)29(38)22-41-42(7,8)33(4,5)6/h9-18,20,23,27,29,31,38H,19,21-22H2,1-8H3,(H,34,39)/t27-,29?,31+/m0/s1. The fraction of sp³-hybridized carbons (Fsp3) is 0.485. The number of amides is 3. The number of benzene rings is 2. The number of nitrogens with one attached hydrogen (secondary N) is 1. The topological polar surface area (TPSA) is 99.2 Å². The summed E-state index contributed by atoms with van der Waals surface area (Å²) in [6.45, 7) is 15.7. The number of aliphatic hydroxyl groups excluding tert-OH is 1. The SMILES string of the molecule is CC(=O)N1C=C(c2ccccc2)N(CC(=O)N[C@@H](Cc2ccccc2)C(O)CO[Si](C)(C)C(C)(C)C)C(=O)[C@H]1C(C)C. The monoisotopic (exact) mass is 593 g/mol. The minimum absolute atomic E-state index is 0.0274. The van der Waals surface area contributed by atoms with Crippen molar-refractivity contribution in [3.05, 3.63) is 78.0 Å². The smallest absolute Gasteiger partial charge is 0.250 e. The normalized spacial score (nSPS) is 17.6. The van der Waals surface area contributed by atoms with Gasteiger partial charge in [0.25, 0.3) is 5.91 Å². The summed E-state index contributed by atoms with van der Waals surface area (Å²) in [6.07, 6.45) is 1.11. The summed E-state index contributed by atoms with van der Waals surface area (Å²) < 4.78 is 6.30. The maximum atomic E-state index is 13.9. The molecule has 0 fully saturated rings. The Morgan fingerprint density at radius 2 is 1.60 bits per heavy atom. The molecule has 0 bridgehead atoms. The van der Waals surface area contributed by atoms with Gasteiger partial charge in [0.2, 0.25) is 11.8 Å². The zero-order chi connectivity index (χ0) is 31.2. The highest BCUT2D eigenvalue weighted by Gasteiger charge is 2.41. The Bertz CT molecular complexity index is 1260. The van der Waals surface area contributed by atoms with Gasteiger partial charge in [-0.3, -0.25) is 19.3 Å². The van der Waals surface area contributed by atoms with Gasteiger partial charge >= 0.3 is 0 Å². The first-order chi connectivity index (χ1) is 19.6. The van der Waals surface area contributed by atoms with E-state index in [1.807, 2.05) is 74.5 Å². The zero-order valence-electron chi connectivity index (χ0n) is 26.3. The molecule has 3 rings (SSSR count). The van der Waals surface area contributed by atoms with Crippen molar-refractivity contribution in [2.24, 2.45) is 5.92 Å². The molecule has 1 heterocycles. The molecule has 0 spiro atoms. The molecule has 1 unspecified atom stereocenters. The minimum atomic E-state index is -2.14. The summed E-state index contributed by atoms with van der Waals surface area (Å²) in [5.74, 6) is -1.14. The van der Waals surface area contributed by atoms with Crippen LogP contribution in [0.25, 0.3) is 5.70 Å². The molecular formula is C33H47N3O5Si. The number of rotatable bonds is 11. The fourth-order valence-electron chi connectivity index (χ4n) is 4.75. The highest BCUT2D eigenvalue weighted by atomic mass is 28.4. The van der Waals surface area contributed by atoms with Gasteiger partial charge in [-0.1, -0.05) is 95.3 Å². The lowest BCUT2D eigenvalue weighted by atomic mass is 9.97. The van der Waals surface area contributed by atoms with Crippen molar-refractivity contribution in [3.63, 3.8) is 0 Å². The van der Waals surface area contributed by atoms with Gasteiger partial charge in [0.1, 0.15) is 12.6 Å². The van der Waals surface area contributed by atoms with Crippen molar-refractivity contribution in [2.45, 2.75) is 84.3 Å². The average Bonchev–Trinajstić information content (AvgIpc) is 2.92. The number of carbonyl (C=O) groups excluding carboxylic acids is 3. The largest absolute Gasteiger partial charge is 0.414 e. The van der Waals surface area contributed by atoms with Crippen molar-refractivity contribution < 1.29 is 23.9 Å². The Labute approximate surface area is 251 Å². The van der Waals surface area contributed by atoms with Crippen LogP contribution in [-0.4, -0.2) is 72.3 Å². The van der Waals surface area contributed by atoms with Gasteiger partial charge in [-0.05, 0) is 41.6 Å². The predicted molar refractivity (Wildman–Crippen MR) is 169 cm³/mol. The van der Waals surface area contributed by atoms with Crippen molar-refractivity contribution in [3.8, 4) is 0 Å². The summed E-state index contributed by atoms with van der Waals surface area (Å²) in [5, 5.41) is 14.3. The second-order valence-electron chi connectivity index (χ2n) is 12.9. The predicted octanol–water partition coefficient (Wildman–Crippen LogP) is 4.81. The Kier molecular flexibility index (Phi) is 10.9. The second kappa shape index (κ2) is 13.8. The second-order valence-corrected chi connectivity index (χ2v) is 17.7. The van der Waals surface area contributed by atoms with Crippen LogP contribution in [0.4, 0.5) is 0 Å². The molecule has 0 aliphatic carbocycles. The third-order valence-corrected chi connectivity index (χ3v) is 12.8. The van der Waals surface area contributed by atoms with Crippen molar-refractivity contribution in [1.82, 2.24) is 15.1 Å². The van der Waals surface area contributed by atoms with Crippen LogP contribution in [0.2, 0.25) is 18.1 Å². The molecule has 42 heavy (non-hydrogen) atoms. The average molecular weight is 594 g/mol. The van der Waals surface area contributed by atoms with Gasteiger partial charge in [0.15, 0.2) is 8.32 Å². The number of carbonyl (C=O) groups is 3. The Morgan fingerprint density at radius 3 is 2.12 bits per heavy atom. The molecule has 1 aliphatic heterocycles. The van der Waals surface area contributed by atoms with Crippen LogP contribution in [0.5, 0.6) is 0 Å². The van der Waals surface area contributed by atoms with Crippen LogP contribution in [0.3, 0.4) is 0 Å². The van der Waals surface area contributed by atoms with E-state index in [1.54, 1.807) is 6.20 Å². The van der Waals surface area contributed by atoms with Gasteiger partial charge in [0.05, 0.1) is 24.4 Å². The van der Waals surface area contributed by atoms with Crippen molar-refractivity contribution in [1.29, 1.82) is 0 Å². The number of aliphatic hydroxyl groups is 1. The number of nitrogens with zero attached hydrogens (tertiary/aromatic N) is 2. The quantitative estimate of drug-likeness (QED) is 0.365. The van der Waals surface area contributed by atoms with E-state index in [9.17, 15) is 19.5 Å². The van der Waals surface area contributed by atoms with E-state index in [0.29, 0.717) is 12.1 Å². The van der Waals surface area contributed by atoms with E-state index in [2.05, 4.69) is 39.2 Å². The molecule has 3 atom stereocenters. The summed E-state index contributed by atoms with van der Waals surface area (Å²) in [6, 6.07) is 17.6. The van der Waals surface area contributed by atoms with Crippen LogP contribution >= 0.6 is 0 Å². The molecule has 2 aromatic carbocycles. The van der Waals surface area contributed by atoms with Crippen molar-refractivity contribution in [2.75, 3.05) is 13.2 Å². The first kappa shape index (κ1) is 33.2. The fourth-order valence-corrected chi connectivity index (χ4v) is 5.77. The molecule has 3 amide bonds. The molecule has 2 aromatic rings. The highest BCUT2D eigenvalue weighted by Crippen LogP contribution is 2.36. The maximum absolute atomic E-state index is 13.9. The van der Waals surface area contributed by atoms with E-state index < -0.39 is 32.4 Å². The van der Waals surface area contributed by atoms with E-state index in [1.165, 1.54) is 16.7 Å². The van der Waals surface area contributed by atoms with E-state index in [4.69, 9.17) is 4.43 Å². The number of hydrogen-bond acceptors (Lipinski definition) is 5. The minimum Gasteiger partial charge on any atom is -0.414 e. The van der Waals surface area contributed by atoms with Crippen LogP contribution in [-0.2, 0) is 25.2 Å². The van der Waals surface area contributed by atoms with E-state index >= 15 is 0 Å². The third-order valence-electron chi connectivity index (χ3n) is 8.27. The van der Waals surface area contributed by atoms with Gasteiger partial charge in [-0.2, -0.15) is 0 Å². The van der Waals surface area contributed by atoms with E-state index in [0.717, 1.165) is 11.1 Å². The molecule has 0 aromatic heterocycles.